The van der Waals surface area contributed by atoms with Crippen LogP contribution < -0.4 is 5.73 Å². The second-order valence-corrected chi connectivity index (χ2v) is 5.39. The summed E-state index contributed by atoms with van der Waals surface area (Å²) in [6.45, 7) is 4.93. The number of halogens is 1. The molecule has 4 nitrogen and oxygen atoms in total. The van der Waals surface area contributed by atoms with E-state index >= 15 is 0 Å². The molecule has 98 valence electrons. The third kappa shape index (κ3) is 2.58. The number of nitrogens with zero attached hydrogens (tertiary/aromatic N) is 3. The van der Waals surface area contributed by atoms with Crippen molar-refractivity contribution in [2.45, 2.75) is 39.3 Å². The first-order valence-corrected chi connectivity index (χ1v) is 7.31. The van der Waals surface area contributed by atoms with Crippen molar-refractivity contribution in [2.24, 2.45) is 5.73 Å². The molecule has 0 radical (unpaired) electrons. The van der Waals surface area contributed by atoms with E-state index in [1.54, 1.807) is 16.8 Å². The van der Waals surface area contributed by atoms with Crippen LogP contribution in [0.4, 0.5) is 0 Å². The van der Waals surface area contributed by atoms with Crippen LogP contribution in [0.1, 0.15) is 36.2 Å². The highest BCUT2D eigenvalue weighted by Gasteiger charge is 2.18. The van der Waals surface area contributed by atoms with Gasteiger partial charge >= 0.3 is 0 Å². The van der Waals surface area contributed by atoms with Crippen molar-refractivity contribution < 1.29 is 0 Å². The van der Waals surface area contributed by atoms with E-state index in [1.807, 2.05) is 10.9 Å². The first-order valence-electron chi connectivity index (χ1n) is 6.05. The van der Waals surface area contributed by atoms with Crippen molar-refractivity contribution in [3.8, 4) is 0 Å². The molecule has 2 rings (SSSR count). The van der Waals surface area contributed by atoms with Crippen LogP contribution in [0, 0.1) is 0 Å². The summed E-state index contributed by atoms with van der Waals surface area (Å²) in [5.41, 5.74) is 9.96. The minimum Gasteiger partial charge on any atom is -0.323 e. The molecule has 1 unspecified atom stereocenters. The molecule has 0 bridgehead atoms. The molecule has 0 fully saturated rings. The van der Waals surface area contributed by atoms with Crippen molar-refractivity contribution in [1.29, 1.82) is 0 Å². The zero-order chi connectivity index (χ0) is 13.1. The fourth-order valence-electron chi connectivity index (χ4n) is 1.93. The largest absolute Gasteiger partial charge is 0.323 e. The van der Waals surface area contributed by atoms with Crippen LogP contribution in [0.5, 0.6) is 0 Å². The molecule has 0 aromatic carbocycles. The zero-order valence-corrected chi connectivity index (χ0v) is 12.1. The minimum atomic E-state index is -0.0679. The van der Waals surface area contributed by atoms with Gasteiger partial charge in [0.05, 0.1) is 21.9 Å². The highest BCUT2D eigenvalue weighted by Crippen LogP contribution is 2.27. The van der Waals surface area contributed by atoms with Crippen LogP contribution in [0.15, 0.2) is 11.7 Å². The molecule has 0 amide bonds. The SMILES string of the molecule is CCc1nn(CC)c(CC(N)c2cncs2)c1Cl. The molecule has 2 N–H and O–H groups in total. The first-order chi connectivity index (χ1) is 8.67. The Kier molecular flexibility index (Phi) is 4.37. The number of hydrogen-bond donors (Lipinski definition) is 1. The number of rotatable bonds is 5. The van der Waals surface area contributed by atoms with Gasteiger partial charge in [-0.15, -0.1) is 11.3 Å². The van der Waals surface area contributed by atoms with Gasteiger partial charge in [-0.25, -0.2) is 0 Å². The van der Waals surface area contributed by atoms with Crippen molar-refractivity contribution in [1.82, 2.24) is 14.8 Å². The molecule has 18 heavy (non-hydrogen) atoms. The molecule has 2 aromatic rings. The van der Waals surface area contributed by atoms with E-state index in [2.05, 4.69) is 23.9 Å². The van der Waals surface area contributed by atoms with E-state index in [0.717, 1.165) is 34.3 Å². The molecule has 0 aliphatic rings. The third-order valence-electron chi connectivity index (χ3n) is 2.92. The number of hydrogen-bond acceptors (Lipinski definition) is 4. The maximum atomic E-state index is 6.36. The van der Waals surface area contributed by atoms with Gasteiger partial charge in [-0.05, 0) is 13.3 Å². The van der Waals surface area contributed by atoms with E-state index in [0.29, 0.717) is 6.42 Å². The summed E-state index contributed by atoms with van der Waals surface area (Å²) >= 11 is 7.94. The van der Waals surface area contributed by atoms with Gasteiger partial charge in [0.25, 0.3) is 0 Å². The molecule has 0 saturated carbocycles. The van der Waals surface area contributed by atoms with Gasteiger partial charge in [0.15, 0.2) is 0 Å². The summed E-state index contributed by atoms with van der Waals surface area (Å²) in [5, 5.41) is 5.26. The lowest BCUT2D eigenvalue weighted by Crippen LogP contribution is -2.15. The van der Waals surface area contributed by atoms with Gasteiger partial charge in [0.2, 0.25) is 0 Å². The summed E-state index contributed by atoms with van der Waals surface area (Å²) in [7, 11) is 0. The standard InChI is InChI=1S/C12H17ClN4S/c1-3-9-12(13)10(17(4-2)16-9)5-8(14)11-6-15-7-18-11/h6-8H,3-5,14H2,1-2H3. The highest BCUT2D eigenvalue weighted by molar-refractivity contribution is 7.09. The lowest BCUT2D eigenvalue weighted by Gasteiger charge is -2.10. The Labute approximate surface area is 116 Å². The topological polar surface area (TPSA) is 56.7 Å². The first kappa shape index (κ1) is 13.5. The number of aryl methyl sites for hydroxylation is 2. The predicted molar refractivity (Wildman–Crippen MR) is 75.0 cm³/mol. The molecule has 0 saturated heterocycles. The molecular formula is C12H17ClN4S. The van der Waals surface area contributed by atoms with Gasteiger partial charge in [-0.2, -0.15) is 5.10 Å². The van der Waals surface area contributed by atoms with Crippen LogP contribution in [0.3, 0.4) is 0 Å². The van der Waals surface area contributed by atoms with Gasteiger partial charge in [0.1, 0.15) is 0 Å². The van der Waals surface area contributed by atoms with E-state index in [-0.39, 0.29) is 6.04 Å². The van der Waals surface area contributed by atoms with Crippen molar-refractivity contribution in [3.05, 3.63) is 33.0 Å². The Bertz CT molecular complexity index is 506. The van der Waals surface area contributed by atoms with E-state index in [9.17, 15) is 0 Å². The zero-order valence-electron chi connectivity index (χ0n) is 10.6. The van der Waals surface area contributed by atoms with Gasteiger partial charge < -0.3 is 5.73 Å². The Morgan fingerprint density at radius 1 is 1.50 bits per heavy atom. The molecule has 0 aliphatic carbocycles. The molecule has 6 heteroatoms. The van der Waals surface area contributed by atoms with E-state index in [4.69, 9.17) is 17.3 Å². The summed E-state index contributed by atoms with van der Waals surface area (Å²) in [6, 6.07) is -0.0679. The number of thiazole rings is 1. The van der Waals surface area contributed by atoms with Crippen LogP contribution in [0.2, 0.25) is 5.02 Å². The highest BCUT2D eigenvalue weighted by atomic mass is 35.5. The Balaban J connectivity index is 2.25. The maximum Gasteiger partial charge on any atom is 0.0850 e. The molecule has 2 heterocycles. The summed E-state index contributed by atoms with van der Waals surface area (Å²) in [4.78, 5) is 5.13. The average Bonchev–Trinajstić information content (AvgIpc) is 2.99. The lowest BCUT2D eigenvalue weighted by molar-refractivity contribution is 0.588. The second kappa shape index (κ2) is 5.82. The normalized spacial score (nSPS) is 12.9. The van der Waals surface area contributed by atoms with Crippen LogP contribution in [-0.2, 0) is 19.4 Å². The Hall–Kier alpha value is -0.910. The molecule has 0 spiro atoms. The summed E-state index contributed by atoms with van der Waals surface area (Å²) in [5.74, 6) is 0. The third-order valence-corrected chi connectivity index (χ3v) is 4.27. The monoisotopic (exact) mass is 284 g/mol. The van der Waals surface area contributed by atoms with Crippen molar-refractivity contribution in [3.63, 3.8) is 0 Å². The quantitative estimate of drug-likeness (QED) is 0.918. The van der Waals surface area contributed by atoms with Crippen molar-refractivity contribution in [2.75, 3.05) is 0 Å². The van der Waals surface area contributed by atoms with Gasteiger partial charge in [0, 0.05) is 30.1 Å². The van der Waals surface area contributed by atoms with Gasteiger partial charge in [-0.3, -0.25) is 9.67 Å². The summed E-state index contributed by atoms with van der Waals surface area (Å²) in [6.07, 6.45) is 3.35. The van der Waals surface area contributed by atoms with E-state index in [1.165, 1.54) is 0 Å². The maximum absolute atomic E-state index is 6.36. The van der Waals surface area contributed by atoms with Gasteiger partial charge in [-0.1, -0.05) is 18.5 Å². The fraction of sp³-hybridized carbons (Fsp3) is 0.500. The second-order valence-electron chi connectivity index (χ2n) is 4.09. The average molecular weight is 285 g/mol. The minimum absolute atomic E-state index is 0.0679. The lowest BCUT2D eigenvalue weighted by atomic mass is 10.1. The smallest absolute Gasteiger partial charge is 0.0850 e. The van der Waals surface area contributed by atoms with Crippen LogP contribution in [0.25, 0.3) is 0 Å². The Morgan fingerprint density at radius 3 is 2.83 bits per heavy atom. The number of aromatic nitrogens is 3. The van der Waals surface area contributed by atoms with Crippen LogP contribution in [-0.4, -0.2) is 14.8 Å². The Morgan fingerprint density at radius 2 is 2.28 bits per heavy atom. The predicted octanol–water partition coefficient (Wildman–Crippen LogP) is 2.82. The van der Waals surface area contributed by atoms with Crippen LogP contribution >= 0.6 is 22.9 Å². The number of nitrogens with two attached hydrogens (primary N) is 1. The van der Waals surface area contributed by atoms with E-state index < -0.39 is 0 Å². The molecular weight excluding hydrogens is 268 g/mol. The molecule has 1 atom stereocenters. The fourth-order valence-corrected chi connectivity index (χ4v) is 2.90. The summed E-state index contributed by atoms with van der Waals surface area (Å²) < 4.78 is 1.95. The van der Waals surface area contributed by atoms with Crippen molar-refractivity contribution >= 4 is 22.9 Å². The molecule has 2 aromatic heterocycles. The molecule has 0 aliphatic heterocycles.